The zero-order valence-corrected chi connectivity index (χ0v) is 17.7. The predicted octanol–water partition coefficient (Wildman–Crippen LogP) is 5.43. The Morgan fingerprint density at radius 2 is 1.50 bits per heavy atom. The van der Waals surface area contributed by atoms with Crippen LogP contribution >= 0.6 is 0 Å². The van der Waals surface area contributed by atoms with Gasteiger partial charge in [0.2, 0.25) is 0 Å². The second-order valence-electron chi connectivity index (χ2n) is 8.33. The summed E-state index contributed by atoms with van der Waals surface area (Å²) in [4.78, 5) is 5.52. The van der Waals surface area contributed by atoms with Gasteiger partial charge in [0.15, 0.2) is 0 Å². The zero-order chi connectivity index (χ0) is 19.4. The molecule has 152 valence electrons. The van der Waals surface area contributed by atoms with Crippen molar-refractivity contribution in [3.05, 3.63) is 71.8 Å². The summed E-state index contributed by atoms with van der Waals surface area (Å²) in [6, 6.07) is 22.7. The third kappa shape index (κ3) is 7.07. The van der Waals surface area contributed by atoms with Crippen LogP contribution in [0, 0.1) is 0 Å². The van der Waals surface area contributed by atoms with Gasteiger partial charge in [0.1, 0.15) is 0 Å². The molecule has 0 spiro atoms. The van der Waals surface area contributed by atoms with E-state index in [-0.39, 0.29) is 0 Å². The Kier molecular flexibility index (Phi) is 9.06. The molecule has 0 bridgehead atoms. The lowest BCUT2D eigenvalue weighted by Crippen LogP contribution is -2.43. The first kappa shape index (κ1) is 21.1. The molecule has 0 aliphatic carbocycles. The van der Waals surface area contributed by atoms with Crippen LogP contribution in [0.5, 0.6) is 0 Å². The molecule has 28 heavy (non-hydrogen) atoms. The molecule has 1 heterocycles. The van der Waals surface area contributed by atoms with Gasteiger partial charge in [0, 0.05) is 12.6 Å². The SMILES string of the molecule is CCCCN1CCCN(CCCCc2ccccc2)[C@H](Cc2ccccc2)C1. The molecule has 0 N–H and O–H groups in total. The Balaban J connectivity index is 1.55. The van der Waals surface area contributed by atoms with E-state index >= 15 is 0 Å². The smallest absolute Gasteiger partial charge is 0.0263 e. The second kappa shape index (κ2) is 12.0. The monoisotopic (exact) mass is 378 g/mol. The van der Waals surface area contributed by atoms with Crippen LogP contribution in [0.2, 0.25) is 0 Å². The van der Waals surface area contributed by atoms with E-state index in [4.69, 9.17) is 0 Å². The Morgan fingerprint density at radius 3 is 2.21 bits per heavy atom. The minimum absolute atomic E-state index is 0.651. The van der Waals surface area contributed by atoms with E-state index in [2.05, 4.69) is 77.4 Å². The van der Waals surface area contributed by atoms with Crippen LogP contribution in [0.1, 0.15) is 50.2 Å². The fraction of sp³-hybridized carbons (Fsp3) is 0.538. The molecule has 2 heteroatoms. The summed E-state index contributed by atoms with van der Waals surface area (Å²) in [7, 11) is 0. The van der Waals surface area contributed by atoms with Gasteiger partial charge in [-0.1, -0.05) is 74.0 Å². The number of hydrogen-bond donors (Lipinski definition) is 0. The van der Waals surface area contributed by atoms with Gasteiger partial charge < -0.3 is 4.90 Å². The zero-order valence-electron chi connectivity index (χ0n) is 17.7. The lowest BCUT2D eigenvalue weighted by Gasteiger charge is -2.32. The van der Waals surface area contributed by atoms with E-state index in [0.29, 0.717) is 6.04 Å². The van der Waals surface area contributed by atoms with E-state index in [1.54, 1.807) is 0 Å². The molecule has 2 aromatic carbocycles. The van der Waals surface area contributed by atoms with Crippen molar-refractivity contribution in [3.8, 4) is 0 Å². The summed E-state index contributed by atoms with van der Waals surface area (Å²) in [5.74, 6) is 0. The number of aryl methyl sites for hydroxylation is 1. The first-order chi connectivity index (χ1) is 13.8. The topological polar surface area (TPSA) is 6.48 Å². The summed E-state index contributed by atoms with van der Waals surface area (Å²) in [5.41, 5.74) is 2.96. The van der Waals surface area contributed by atoms with Crippen molar-refractivity contribution >= 4 is 0 Å². The van der Waals surface area contributed by atoms with E-state index in [1.165, 1.54) is 88.8 Å². The highest BCUT2D eigenvalue weighted by Crippen LogP contribution is 2.17. The molecule has 0 amide bonds. The molecule has 1 atom stereocenters. The van der Waals surface area contributed by atoms with Crippen molar-refractivity contribution in [1.82, 2.24) is 9.80 Å². The fourth-order valence-corrected chi connectivity index (χ4v) is 4.43. The lowest BCUT2D eigenvalue weighted by atomic mass is 10.0. The molecule has 2 nitrogen and oxygen atoms in total. The average molecular weight is 379 g/mol. The number of nitrogens with zero attached hydrogens (tertiary/aromatic N) is 2. The quantitative estimate of drug-likeness (QED) is 0.509. The molecular formula is C26H38N2. The maximum atomic E-state index is 2.80. The average Bonchev–Trinajstić information content (AvgIpc) is 2.93. The second-order valence-corrected chi connectivity index (χ2v) is 8.33. The normalized spacial score (nSPS) is 18.8. The maximum Gasteiger partial charge on any atom is 0.0263 e. The van der Waals surface area contributed by atoms with Crippen LogP contribution in [-0.4, -0.2) is 48.6 Å². The molecule has 2 aromatic rings. The third-order valence-corrected chi connectivity index (χ3v) is 6.05. The van der Waals surface area contributed by atoms with Gasteiger partial charge in [0.05, 0.1) is 0 Å². The van der Waals surface area contributed by atoms with Gasteiger partial charge in [-0.3, -0.25) is 4.90 Å². The van der Waals surface area contributed by atoms with E-state index in [1.807, 2.05) is 0 Å². The molecule has 3 rings (SSSR count). The van der Waals surface area contributed by atoms with Crippen molar-refractivity contribution in [2.75, 3.05) is 32.7 Å². The number of unbranched alkanes of at least 4 members (excludes halogenated alkanes) is 2. The van der Waals surface area contributed by atoms with Crippen LogP contribution in [0.3, 0.4) is 0 Å². The highest BCUT2D eigenvalue weighted by Gasteiger charge is 2.24. The Hall–Kier alpha value is -1.64. The summed E-state index contributed by atoms with van der Waals surface area (Å²) in [6.07, 6.45) is 8.92. The molecule has 0 radical (unpaired) electrons. The van der Waals surface area contributed by atoms with Gasteiger partial charge in [-0.15, -0.1) is 0 Å². The minimum Gasteiger partial charge on any atom is -0.302 e. The van der Waals surface area contributed by atoms with Crippen molar-refractivity contribution in [1.29, 1.82) is 0 Å². The number of benzene rings is 2. The van der Waals surface area contributed by atoms with Gasteiger partial charge >= 0.3 is 0 Å². The highest BCUT2D eigenvalue weighted by atomic mass is 15.2. The van der Waals surface area contributed by atoms with Crippen LogP contribution in [0.25, 0.3) is 0 Å². The van der Waals surface area contributed by atoms with Crippen LogP contribution in [-0.2, 0) is 12.8 Å². The summed E-state index contributed by atoms with van der Waals surface area (Å²) >= 11 is 0. The van der Waals surface area contributed by atoms with Crippen molar-refractivity contribution in [2.45, 2.75) is 57.9 Å². The first-order valence-corrected chi connectivity index (χ1v) is 11.4. The van der Waals surface area contributed by atoms with Crippen LogP contribution in [0.4, 0.5) is 0 Å². The molecule has 0 unspecified atom stereocenters. The molecule has 0 saturated carbocycles. The standard InChI is InChI=1S/C26H38N2/c1-2-3-18-27-19-12-21-28(20-11-10-15-24-13-6-4-7-14-24)26(23-27)22-25-16-8-5-9-17-25/h4-9,13-14,16-17,26H,2-3,10-12,15,18-23H2,1H3/t26-/m1/s1. The van der Waals surface area contributed by atoms with Crippen LogP contribution < -0.4 is 0 Å². The van der Waals surface area contributed by atoms with E-state index in [0.717, 1.165) is 0 Å². The molecule has 0 aromatic heterocycles. The molecule has 1 saturated heterocycles. The van der Waals surface area contributed by atoms with Crippen molar-refractivity contribution in [3.63, 3.8) is 0 Å². The Labute approximate surface area is 172 Å². The minimum atomic E-state index is 0.651. The number of hydrogen-bond acceptors (Lipinski definition) is 2. The molecule has 1 fully saturated rings. The predicted molar refractivity (Wildman–Crippen MR) is 121 cm³/mol. The first-order valence-electron chi connectivity index (χ1n) is 11.4. The lowest BCUT2D eigenvalue weighted by molar-refractivity contribution is 0.173. The number of rotatable bonds is 10. The molecule has 1 aliphatic heterocycles. The molecule has 1 aliphatic rings. The fourth-order valence-electron chi connectivity index (χ4n) is 4.43. The van der Waals surface area contributed by atoms with Crippen LogP contribution in [0.15, 0.2) is 60.7 Å². The Bertz CT molecular complexity index is 640. The van der Waals surface area contributed by atoms with E-state index in [9.17, 15) is 0 Å². The largest absolute Gasteiger partial charge is 0.302 e. The van der Waals surface area contributed by atoms with Crippen molar-refractivity contribution < 1.29 is 0 Å². The van der Waals surface area contributed by atoms with Gasteiger partial charge in [-0.25, -0.2) is 0 Å². The molecular weight excluding hydrogens is 340 g/mol. The van der Waals surface area contributed by atoms with E-state index < -0.39 is 0 Å². The van der Waals surface area contributed by atoms with Gasteiger partial charge in [-0.05, 0) is 75.8 Å². The summed E-state index contributed by atoms with van der Waals surface area (Å²) in [5, 5.41) is 0. The maximum absolute atomic E-state index is 2.80. The van der Waals surface area contributed by atoms with Crippen molar-refractivity contribution in [2.24, 2.45) is 0 Å². The van der Waals surface area contributed by atoms with Gasteiger partial charge in [0.25, 0.3) is 0 Å². The highest BCUT2D eigenvalue weighted by molar-refractivity contribution is 5.16. The van der Waals surface area contributed by atoms with Gasteiger partial charge in [-0.2, -0.15) is 0 Å². The summed E-state index contributed by atoms with van der Waals surface area (Å²) < 4.78 is 0. The summed E-state index contributed by atoms with van der Waals surface area (Å²) in [6.45, 7) is 8.57. The Morgan fingerprint density at radius 1 is 0.786 bits per heavy atom. The third-order valence-electron chi connectivity index (χ3n) is 6.05.